The second kappa shape index (κ2) is 18.3. The minimum absolute atomic E-state index is 0.0206. The highest BCUT2D eigenvalue weighted by atomic mass is 35.5. The van der Waals surface area contributed by atoms with Crippen LogP contribution in [0, 0.1) is 27.7 Å². The highest BCUT2D eigenvalue weighted by molar-refractivity contribution is 6.35. The highest BCUT2D eigenvalue weighted by Gasteiger charge is 2.49. The average molecular weight is 928 g/mol. The summed E-state index contributed by atoms with van der Waals surface area (Å²) in [5, 5.41) is 30.7. The molecule has 0 radical (unpaired) electrons. The van der Waals surface area contributed by atoms with E-state index in [-0.39, 0.29) is 47.9 Å². The molecule has 3 N–H and O–H groups in total. The number of aromatic nitrogens is 3. The molecule has 2 aromatic heterocycles. The summed E-state index contributed by atoms with van der Waals surface area (Å²) in [7, 11) is 1.87. The molecule has 1 unspecified atom stereocenters. The molecule has 2 fully saturated rings. The molecule has 340 valence electrons. The van der Waals surface area contributed by atoms with Crippen molar-refractivity contribution in [3.05, 3.63) is 97.4 Å². The summed E-state index contributed by atoms with van der Waals surface area (Å²) < 4.78 is 16.7. The lowest BCUT2D eigenvalue weighted by molar-refractivity contribution is -0.464. The predicted molar refractivity (Wildman–Crippen MR) is 243 cm³/mol. The number of aliphatic hydroxyl groups excluding tert-OH is 1. The van der Waals surface area contributed by atoms with Gasteiger partial charge in [0.2, 0.25) is 11.9 Å². The second-order valence-corrected chi connectivity index (χ2v) is 17.5. The number of hydrogen-bond donors (Lipinski definition) is 3. The van der Waals surface area contributed by atoms with Gasteiger partial charge in [0.25, 0.3) is 11.8 Å². The van der Waals surface area contributed by atoms with Crippen LogP contribution in [0.4, 0.5) is 0 Å². The fourth-order valence-electron chi connectivity index (χ4n) is 9.33. The Bertz CT molecular complexity index is 2820. The van der Waals surface area contributed by atoms with Gasteiger partial charge in [-0.25, -0.2) is 9.59 Å². The van der Waals surface area contributed by atoms with E-state index >= 15 is 0 Å². The Morgan fingerprint density at radius 3 is 2.32 bits per heavy atom. The number of carbonyl (C=O) groups excluding carboxylic acids is 4. The summed E-state index contributed by atoms with van der Waals surface area (Å²) in [4.78, 5) is 68.5. The number of piperazine rings is 1. The number of amides is 4. The number of aromatic carboxylic acids is 1. The number of rotatable bonds is 14. The van der Waals surface area contributed by atoms with E-state index in [1.807, 2.05) is 63.6 Å². The first kappa shape index (κ1) is 45.3. The first-order chi connectivity index (χ1) is 31.0. The predicted octanol–water partition coefficient (Wildman–Crippen LogP) is 5.79. The summed E-state index contributed by atoms with van der Waals surface area (Å²) in [6.45, 7) is 10.3. The lowest BCUT2D eigenvalue weighted by Gasteiger charge is -2.35. The third-order valence-corrected chi connectivity index (χ3v) is 13.6. The molecular weight excluding hydrogens is 877 g/mol. The Labute approximate surface area is 384 Å². The first-order valence-electron chi connectivity index (χ1n) is 21.5. The van der Waals surface area contributed by atoms with E-state index < -0.39 is 35.6 Å². The molecule has 5 aromatic rings. The van der Waals surface area contributed by atoms with Crippen molar-refractivity contribution < 1.29 is 48.2 Å². The number of ether oxygens (including phenoxy) is 2. The third kappa shape index (κ3) is 8.57. The number of imide groups is 1. The van der Waals surface area contributed by atoms with Gasteiger partial charge < -0.3 is 29.2 Å². The van der Waals surface area contributed by atoms with Crippen molar-refractivity contribution in [2.75, 3.05) is 45.9 Å². The van der Waals surface area contributed by atoms with Crippen LogP contribution in [0.3, 0.4) is 0 Å². The number of benzene rings is 3. The van der Waals surface area contributed by atoms with Gasteiger partial charge in [0.05, 0.1) is 22.8 Å². The van der Waals surface area contributed by atoms with Crippen molar-refractivity contribution in [3.63, 3.8) is 0 Å². The van der Waals surface area contributed by atoms with Gasteiger partial charge in [0.15, 0.2) is 6.61 Å². The smallest absolute Gasteiger partial charge is 0.427 e. The van der Waals surface area contributed by atoms with Gasteiger partial charge >= 0.3 is 17.8 Å². The minimum Gasteiger partial charge on any atom is -0.494 e. The monoisotopic (exact) mass is 926 g/mol. The SMILES string of the molecule is Cc1cc(OCCCc2c(C(=O)O)n(CCN3CCN(C(=O)COc4cccc5c4C(=O)[N+](C4CCC(=O)NC4=O)=C5O)CC3)c3c(-c4c(C)nn(C)c4C)c(Cl)ccc23)cc(C)c1Cl. The van der Waals surface area contributed by atoms with Gasteiger partial charge in [0.1, 0.15) is 28.3 Å². The molecule has 0 aliphatic carbocycles. The molecule has 65 heavy (non-hydrogen) atoms. The molecule has 3 aliphatic heterocycles. The number of carboxylic acids is 1. The van der Waals surface area contributed by atoms with Crippen LogP contribution in [0.2, 0.25) is 10.0 Å². The molecule has 2 saturated heterocycles. The Morgan fingerprint density at radius 2 is 1.66 bits per heavy atom. The van der Waals surface area contributed by atoms with E-state index in [4.69, 9.17) is 32.7 Å². The third-order valence-electron chi connectivity index (χ3n) is 12.7. The van der Waals surface area contributed by atoms with Crippen LogP contribution in [-0.4, -0.2) is 126 Å². The molecule has 1 atom stereocenters. The second-order valence-electron chi connectivity index (χ2n) is 16.8. The van der Waals surface area contributed by atoms with Gasteiger partial charge in [-0.2, -0.15) is 5.10 Å². The number of carbonyl (C=O) groups is 5. The van der Waals surface area contributed by atoms with Crippen LogP contribution >= 0.6 is 23.2 Å². The van der Waals surface area contributed by atoms with Gasteiger partial charge in [-0.1, -0.05) is 35.3 Å². The van der Waals surface area contributed by atoms with Crippen LogP contribution in [-0.2, 0) is 34.4 Å². The summed E-state index contributed by atoms with van der Waals surface area (Å²) >= 11 is 13.4. The number of hydrogen-bond acceptors (Lipinski definition) is 9. The maximum Gasteiger partial charge on any atom is 0.427 e. The summed E-state index contributed by atoms with van der Waals surface area (Å²) in [6.07, 6.45) is 1.06. The zero-order valence-electron chi connectivity index (χ0n) is 36.8. The lowest BCUT2D eigenvalue weighted by atomic mass is 9.98. The molecular formula is C47H50Cl2N7O9+. The summed E-state index contributed by atoms with van der Waals surface area (Å²) in [6, 6.07) is 11.1. The van der Waals surface area contributed by atoms with Crippen molar-refractivity contribution in [1.82, 2.24) is 29.5 Å². The molecule has 16 nitrogen and oxygen atoms in total. The highest BCUT2D eigenvalue weighted by Crippen LogP contribution is 2.42. The molecule has 3 aliphatic rings. The fraction of sp³-hybridized carbons (Fsp3) is 0.383. The Kier molecular flexibility index (Phi) is 12.8. The first-order valence-corrected chi connectivity index (χ1v) is 22.3. The fourth-order valence-corrected chi connectivity index (χ4v) is 9.69. The van der Waals surface area contributed by atoms with Crippen molar-refractivity contribution in [1.29, 1.82) is 0 Å². The lowest BCUT2D eigenvalue weighted by Crippen LogP contribution is -2.51. The van der Waals surface area contributed by atoms with Crippen LogP contribution in [0.5, 0.6) is 11.5 Å². The Hall–Kier alpha value is -6.23. The molecule has 5 heterocycles. The number of piperidine rings is 1. The van der Waals surface area contributed by atoms with Gasteiger partial charge in [-0.3, -0.25) is 29.3 Å². The number of nitrogens with zero attached hydrogens (tertiary/aromatic N) is 6. The van der Waals surface area contributed by atoms with E-state index in [1.165, 1.54) is 12.1 Å². The molecule has 0 bridgehead atoms. The van der Waals surface area contributed by atoms with E-state index in [2.05, 4.69) is 15.3 Å². The molecule has 18 heteroatoms. The average Bonchev–Trinajstić information content (AvgIpc) is 3.83. The molecule has 0 saturated carbocycles. The summed E-state index contributed by atoms with van der Waals surface area (Å²) in [5.74, 6) is -2.78. The minimum atomic E-state index is -1.07. The van der Waals surface area contributed by atoms with E-state index in [0.717, 1.165) is 49.1 Å². The van der Waals surface area contributed by atoms with Crippen LogP contribution < -0.4 is 14.8 Å². The Balaban J connectivity index is 0.969. The zero-order valence-corrected chi connectivity index (χ0v) is 38.3. The van der Waals surface area contributed by atoms with Gasteiger partial charge in [-0.05, 0) is 87.6 Å². The van der Waals surface area contributed by atoms with E-state index in [0.29, 0.717) is 80.1 Å². The zero-order chi connectivity index (χ0) is 46.4. The van der Waals surface area contributed by atoms with Gasteiger partial charge in [-0.15, -0.1) is 4.58 Å². The topological polar surface area (TPSA) is 189 Å². The molecule has 8 rings (SSSR count). The van der Waals surface area contributed by atoms with Crippen molar-refractivity contribution in [2.24, 2.45) is 7.05 Å². The van der Waals surface area contributed by atoms with Gasteiger partial charge in [0, 0.05) is 86.4 Å². The standard InChI is InChI=1S/C47H49Cl2N7O9/c1-25-22-29(23-26(2)41(25)49)64-21-7-9-30-31-11-12-33(48)40(38-27(3)51-52(5)28(38)4)42(31)55(43(30)47(62)63)20-17-53-15-18-54(19-16-53)37(58)24-65-35-10-6-8-32-39(35)46(61)56(45(32)60)34-13-14-36(57)50-44(34)59/h6,8,10-12,22-23,34H,7,9,13-21,24H2,1-5H3,(H2,50,57,59,62,63)/p+1. The maximum absolute atomic E-state index is 13.6. The number of nitrogens with one attached hydrogen (secondary N) is 1. The van der Waals surface area contributed by atoms with Crippen molar-refractivity contribution >= 4 is 69.6 Å². The number of halogens is 2. The quantitative estimate of drug-likeness (QED) is 0.0695. The van der Waals surface area contributed by atoms with Crippen molar-refractivity contribution in [2.45, 2.75) is 66.0 Å². The van der Waals surface area contributed by atoms with Crippen LogP contribution in [0.1, 0.15) is 73.8 Å². The Morgan fingerprint density at radius 1 is 0.938 bits per heavy atom. The van der Waals surface area contributed by atoms with Crippen molar-refractivity contribution in [3.8, 4) is 22.6 Å². The van der Waals surface area contributed by atoms with E-state index in [1.54, 1.807) is 15.6 Å². The molecule has 4 amide bonds. The maximum atomic E-state index is 13.6. The van der Waals surface area contributed by atoms with E-state index in [9.17, 15) is 34.2 Å². The number of fused-ring (bicyclic) bond motifs is 2. The largest absolute Gasteiger partial charge is 0.494 e. The number of aliphatic hydroxyl groups is 1. The number of carboxylic acid groups (broad SMARTS) is 1. The van der Waals surface area contributed by atoms with Crippen LogP contribution in [0.15, 0.2) is 42.5 Å². The molecule has 0 spiro atoms. The number of aryl methyl sites for hydroxylation is 5. The normalized spacial score (nSPS) is 16.7. The summed E-state index contributed by atoms with van der Waals surface area (Å²) in [5.41, 5.74) is 6.86. The molecule has 3 aromatic carbocycles. The van der Waals surface area contributed by atoms with Crippen LogP contribution in [0.25, 0.3) is 22.0 Å².